The molecule has 6 heteroatoms. The molecular weight excluding hydrogens is 304 g/mol. The van der Waals surface area contributed by atoms with Crippen molar-refractivity contribution in [2.45, 2.75) is 31.1 Å². The molecule has 1 saturated heterocycles. The largest absolute Gasteiger partial charge is 0.493 e. The van der Waals surface area contributed by atoms with Crippen LogP contribution in [0.5, 0.6) is 11.5 Å². The number of aromatic nitrogens is 2. The van der Waals surface area contributed by atoms with Gasteiger partial charge in [-0.2, -0.15) is 11.8 Å². The summed E-state index contributed by atoms with van der Waals surface area (Å²) in [6.45, 7) is 3.25. The minimum absolute atomic E-state index is 0.264. The van der Waals surface area contributed by atoms with Gasteiger partial charge in [-0.25, -0.2) is 0 Å². The zero-order valence-corrected chi connectivity index (χ0v) is 14.2. The van der Waals surface area contributed by atoms with Gasteiger partial charge in [-0.1, -0.05) is 0 Å². The molecular formula is C15H20N2O2S2. The van der Waals surface area contributed by atoms with E-state index in [4.69, 9.17) is 21.7 Å². The smallest absolute Gasteiger partial charge is 0.178 e. The number of ether oxygens (including phenoxy) is 2. The number of imidazole rings is 1. The molecule has 2 aromatic rings. The number of rotatable bonds is 4. The van der Waals surface area contributed by atoms with Gasteiger partial charge in [0, 0.05) is 23.4 Å². The Labute approximate surface area is 133 Å². The van der Waals surface area contributed by atoms with Crippen molar-refractivity contribution in [2.24, 2.45) is 0 Å². The first-order chi connectivity index (χ1) is 10.1. The van der Waals surface area contributed by atoms with Gasteiger partial charge in [0.1, 0.15) is 0 Å². The Morgan fingerprint density at radius 1 is 1.33 bits per heavy atom. The van der Waals surface area contributed by atoms with Crippen LogP contribution in [0.15, 0.2) is 12.1 Å². The van der Waals surface area contributed by atoms with Crippen molar-refractivity contribution in [3.05, 3.63) is 16.9 Å². The molecule has 1 aromatic heterocycles. The SMILES string of the molecule is COc1cc2[nH]c(=S)n(CC3(C)CCCS3)c2cc1OC. The highest BCUT2D eigenvalue weighted by Crippen LogP contribution is 2.40. The number of thioether (sulfide) groups is 1. The molecule has 114 valence electrons. The summed E-state index contributed by atoms with van der Waals surface area (Å²) in [6.07, 6.45) is 2.52. The van der Waals surface area contributed by atoms with Gasteiger partial charge in [-0.05, 0) is 37.7 Å². The van der Waals surface area contributed by atoms with E-state index in [2.05, 4.69) is 16.5 Å². The van der Waals surface area contributed by atoms with Crippen LogP contribution in [0, 0.1) is 4.77 Å². The van der Waals surface area contributed by atoms with E-state index in [-0.39, 0.29) is 4.75 Å². The average Bonchev–Trinajstić information content (AvgIpc) is 3.02. The van der Waals surface area contributed by atoms with E-state index in [0.717, 1.165) is 33.8 Å². The van der Waals surface area contributed by atoms with Crippen molar-refractivity contribution in [3.63, 3.8) is 0 Å². The molecule has 1 aliphatic rings. The number of fused-ring (bicyclic) bond motifs is 1. The molecule has 1 fully saturated rings. The fraction of sp³-hybridized carbons (Fsp3) is 0.533. The van der Waals surface area contributed by atoms with Crippen LogP contribution in [0.2, 0.25) is 0 Å². The molecule has 21 heavy (non-hydrogen) atoms. The fourth-order valence-corrected chi connectivity index (χ4v) is 4.50. The van der Waals surface area contributed by atoms with Crippen molar-refractivity contribution in [1.29, 1.82) is 0 Å². The van der Waals surface area contributed by atoms with Crippen LogP contribution in [-0.4, -0.2) is 34.3 Å². The van der Waals surface area contributed by atoms with Crippen LogP contribution in [0.4, 0.5) is 0 Å². The van der Waals surface area contributed by atoms with Crippen molar-refractivity contribution in [1.82, 2.24) is 9.55 Å². The molecule has 1 atom stereocenters. The van der Waals surface area contributed by atoms with Crippen molar-refractivity contribution in [3.8, 4) is 11.5 Å². The van der Waals surface area contributed by atoms with Gasteiger partial charge >= 0.3 is 0 Å². The van der Waals surface area contributed by atoms with E-state index < -0.39 is 0 Å². The van der Waals surface area contributed by atoms with Crippen molar-refractivity contribution >= 4 is 35.0 Å². The third-order valence-corrected chi connectivity index (χ3v) is 5.92. The van der Waals surface area contributed by atoms with Gasteiger partial charge in [-0.15, -0.1) is 0 Å². The van der Waals surface area contributed by atoms with Crippen LogP contribution in [-0.2, 0) is 6.54 Å². The summed E-state index contributed by atoms with van der Waals surface area (Å²) < 4.78 is 14.0. The van der Waals surface area contributed by atoms with Crippen LogP contribution in [0.1, 0.15) is 19.8 Å². The molecule has 0 spiro atoms. The van der Waals surface area contributed by atoms with Crippen molar-refractivity contribution < 1.29 is 9.47 Å². The van der Waals surface area contributed by atoms with Gasteiger partial charge in [0.2, 0.25) is 0 Å². The first kappa shape index (κ1) is 14.8. The minimum atomic E-state index is 0.264. The molecule has 0 bridgehead atoms. The quantitative estimate of drug-likeness (QED) is 0.863. The predicted octanol–water partition coefficient (Wildman–Crippen LogP) is 4.00. The normalized spacial score (nSPS) is 21.9. The highest BCUT2D eigenvalue weighted by atomic mass is 32.2. The molecule has 1 aromatic carbocycles. The number of hydrogen-bond acceptors (Lipinski definition) is 4. The molecule has 0 aliphatic carbocycles. The molecule has 3 rings (SSSR count). The molecule has 0 saturated carbocycles. The van der Waals surface area contributed by atoms with Gasteiger partial charge in [0.25, 0.3) is 0 Å². The van der Waals surface area contributed by atoms with Gasteiger partial charge in [0.15, 0.2) is 16.3 Å². The summed E-state index contributed by atoms with van der Waals surface area (Å²) in [4.78, 5) is 3.28. The van der Waals surface area contributed by atoms with E-state index in [0.29, 0.717) is 0 Å². The van der Waals surface area contributed by atoms with Crippen LogP contribution in [0.25, 0.3) is 11.0 Å². The molecule has 1 unspecified atom stereocenters. The monoisotopic (exact) mass is 324 g/mol. The second-order valence-electron chi connectivity index (χ2n) is 5.64. The van der Waals surface area contributed by atoms with E-state index in [1.807, 2.05) is 23.9 Å². The Kier molecular flexibility index (Phi) is 3.92. The summed E-state index contributed by atoms with van der Waals surface area (Å²) in [5.74, 6) is 2.69. The summed E-state index contributed by atoms with van der Waals surface area (Å²) in [6, 6.07) is 3.95. The van der Waals surface area contributed by atoms with Crippen molar-refractivity contribution in [2.75, 3.05) is 20.0 Å². The molecule has 0 amide bonds. The molecule has 1 N–H and O–H groups in total. The average molecular weight is 324 g/mol. The summed E-state index contributed by atoms with van der Waals surface area (Å²) >= 11 is 7.55. The van der Waals surface area contributed by atoms with E-state index in [1.54, 1.807) is 14.2 Å². The van der Waals surface area contributed by atoms with Crippen LogP contribution < -0.4 is 9.47 Å². The number of benzene rings is 1. The standard InChI is InChI=1S/C15H20N2O2S2/c1-15(5-4-6-21-15)9-17-11-8-13(19-3)12(18-2)7-10(11)16-14(17)20/h7-8H,4-6,9H2,1-3H3,(H,16,20). The highest BCUT2D eigenvalue weighted by molar-refractivity contribution is 8.00. The second kappa shape index (κ2) is 5.57. The topological polar surface area (TPSA) is 39.2 Å². The molecule has 0 radical (unpaired) electrons. The van der Waals surface area contributed by atoms with Crippen LogP contribution in [0.3, 0.4) is 0 Å². The second-order valence-corrected chi connectivity index (χ2v) is 7.71. The molecule has 4 nitrogen and oxygen atoms in total. The lowest BCUT2D eigenvalue weighted by molar-refractivity contribution is 0.355. The molecule has 1 aliphatic heterocycles. The lowest BCUT2D eigenvalue weighted by atomic mass is 10.1. The first-order valence-electron chi connectivity index (χ1n) is 7.05. The lowest BCUT2D eigenvalue weighted by Gasteiger charge is -2.23. The van der Waals surface area contributed by atoms with Gasteiger partial charge < -0.3 is 19.0 Å². The van der Waals surface area contributed by atoms with Crippen LogP contribution >= 0.6 is 24.0 Å². The predicted molar refractivity (Wildman–Crippen MR) is 90.3 cm³/mol. The maximum absolute atomic E-state index is 5.51. The Bertz CT molecular complexity index is 714. The van der Waals surface area contributed by atoms with Gasteiger partial charge in [-0.3, -0.25) is 0 Å². The minimum Gasteiger partial charge on any atom is -0.493 e. The Balaban J connectivity index is 2.09. The maximum atomic E-state index is 5.51. The third-order valence-electron chi connectivity index (χ3n) is 4.07. The number of H-pyrrole nitrogens is 1. The number of nitrogens with zero attached hydrogens (tertiary/aromatic N) is 1. The first-order valence-corrected chi connectivity index (χ1v) is 8.44. The summed E-state index contributed by atoms with van der Waals surface area (Å²) in [5, 5.41) is 0. The Hall–Kier alpha value is -1.14. The van der Waals surface area contributed by atoms with E-state index >= 15 is 0 Å². The highest BCUT2D eigenvalue weighted by Gasteiger charge is 2.30. The number of methoxy groups -OCH3 is 2. The number of nitrogens with one attached hydrogen (secondary N) is 1. The number of aromatic amines is 1. The summed E-state index contributed by atoms with van der Waals surface area (Å²) in [7, 11) is 3.30. The maximum Gasteiger partial charge on any atom is 0.178 e. The third kappa shape index (κ3) is 2.66. The Morgan fingerprint density at radius 3 is 2.67 bits per heavy atom. The fourth-order valence-electron chi connectivity index (χ4n) is 2.94. The Morgan fingerprint density at radius 2 is 2.05 bits per heavy atom. The van der Waals surface area contributed by atoms with E-state index in [9.17, 15) is 0 Å². The number of hydrogen-bond donors (Lipinski definition) is 1. The lowest BCUT2D eigenvalue weighted by Crippen LogP contribution is -2.23. The summed E-state index contributed by atoms with van der Waals surface area (Å²) in [5.41, 5.74) is 2.07. The zero-order chi connectivity index (χ0) is 15.0. The van der Waals surface area contributed by atoms with Gasteiger partial charge in [0.05, 0.1) is 25.3 Å². The molecule has 2 heterocycles. The zero-order valence-electron chi connectivity index (χ0n) is 12.6. The van der Waals surface area contributed by atoms with E-state index in [1.165, 1.54) is 18.6 Å².